The van der Waals surface area contributed by atoms with Crippen molar-refractivity contribution in [2.24, 2.45) is 7.05 Å². The molecule has 0 saturated carbocycles. The maximum absolute atomic E-state index is 13.5. The molecule has 1 atom stereocenters. The number of carbonyl (C=O) groups is 1. The standard InChI is InChI=1S/C33H35BrN4O2S/c1-23-29(22-25-14-16-28(34)17-15-25)32(40)36(3)33(35-23)41-24(2)31(39)38-20-18-37(19-21-38)30(26-10-6-4-7-11-26)27-12-8-5-9-13-27/h4-17,24,30H,18-22H2,1-3H3. The lowest BCUT2D eigenvalue weighted by Gasteiger charge is -2.40. The minimum Gasteiger partial charge on any atom is -0.339 e. The summed E-state index contributed by atoms with van der Waals surface area (Å²) in [5, 5.41) is 0.218. The van der Waals surface area contributed by atoms with Crippen molar-refractivity contribution >= 4 is 33.6 Å². The van der Waals surface area contributed by atoms with Gasteiger partial charge in [0.05, 0.1) is 11.3 Å². The lowest BCUT2D eigenvalue weighted by Crippen LogP contribution is -2.51. The minimum atomic E-state index is -0.351. The van der Waals surface area contributed by atoms with Crippen LogP contribution in [0.25, 0.3) is 0 Å². The second-order valence-corrected chi connectivity index (χ2v) is 12.7. The molecule has 1 fully saturated rings. The van der Waals surface area contributed by atoms with E-state index >= 15 is 0 Å². The molecule has 1 saturated heterocycles. The van der Waals surface area contributed by atoms with E-state index in [1.165, 1.54) is 22.9 Å². The van der Waals surface area contributed by atoms with Crippen molar-refractivity contribution in [1.29, 1.82) is 0 Å². The maximum atomic E-state index is 13.5. The van der Waals surface area contributed by atoms with Crippen molar-refractivity contribution in [3.8, 4) is 0 Å². The van der Waals surface area contributed by atoms with Crippen molar-refractivity contribution in [3.05, 3.63) is 128 Å². The average Bonchev–Trinajstić information content (AvgIpc) is 3.00. The number of hydrogen-bond acceptors (Lipinski definition) is 5. The lowest BCUT2D eigenvalue weighted by atomic mass is 9.96. The topological polar surface area (TPSA) is 58.4 Å². The summed E-state index contributed by atoms with van der Waals surface area (Å²) >= 11 is 4.82. The summed E-state index contributed by atoms with van der Waals surface area (Å²) in [6, 6.07) is 29.3. The van der Waals surface area contributed by atoms with Crippen LogP contribution in [0.5, 0.6) is 0 Å². The fourth-order valence-corrected chi connectivity index (χ4v) is 6.66. The van der Waals surface area contributed by atoms with Crippen LogP contribution in [0.1, 0.15) is 40.9 Å². The molecule has 0 N–H and O–H groups in total. The largest absolute Gasteiger partial charge is 0.339 e. The van der Waals surface area contributed by atoms with Crippen LogP contribution in [0.4, 0.5) is 0 Å². The second-order valence-electron chi connectivity index (χ2n) is 10.5. The van der Waals surface area contributed by atoms with Gasteiger partial charge in [-0.25, -0.2) is 4.98 Å². The van der Waals surface area contributed by atoms with Gasteiger partial charge in [0.1, 0.15) is 0 Å². The smallest absolute Gasteiger partial charge is 0.257 e. The van der Waals surface area contributed by atoms with Gasteiger partial charge in [0.25, 0.3) is 5.56 Å². The molecule has 1 aliphatic rings. The highest BCUT2D eigenvalue weighted by Gasteiger charge is 2.30. The molecule has 4 aromatic rings. The zero-order valence-corrected chi connectivity index (χ0v) is 26.1. The Balaban J connectivity index is 1.25. The lowest BCUT2D eigenvalue weighted by molar-refractivity contribution is -0.132. The van der Waals surface area contributed by atoms with Gasteiger partial charge in [-0.05, 0) is 42.7 Å². The van der Waals surface area contributed by atoms with E-state index in [4.69, 9.17) is 4.98 Å². The number of piperazine rings is 1. The molecule has 5 rings (SSSR count). The highest BCUT2D eigenvalue weighted by molar-refractivity contribution is 9.10. The molecule has 41 heavy (non-hydrogen) atoms. The Kier molecular flexibility index (Phi) is 9.42. The van der Waals surface area contributed by atoms with Crippen LogP contribution in [0.15, 0.2) is 99.4 Å². The predicted octanol–water partition coefficient (Wildman–Crippen LogP) is 5.86. The maximum Gasteiger partial charge on any atom is 0.257 e. The number of benzene rings is 3. The van der Waals surface area contributed by atoms with E-state index in [1.807, 2.05) is 55.1 Å². The van der Waals surface area contributed by atoms with E-state index in [0.29, 0.717) is 35.9 Å². The molecule has 3 aromatic carbocycles. The van der Waals surface area contributed by atoms with Gasteiger partial charge < -0.3 is 4.90 Å². The molecule has 8 heteroatoms. The van der Waals surface area contributed by atoms with Gasteiger partial charge in [-0.15, -0.1) is 0 Å². The van der Waals surface area contributed by atoms with Crippen LogP contribution in [0.3, 0.4) is 0 Å². The summed E-state index contributed by atoms with van der Waals surface area (Å²) in [6.07, 6.45) is 0.523. The molecule has 6 nitrogen and oxygen atoms in total. The van der Waals surface area contributed by atoms with Crippen LogP contribution in [-0.2, 0) is 18.3 Å². The van der Waals surface area contributed by atoms with E-state index in [9.17, 15) is 9.59 Å². The van der Waals surface area contributed by atoms with Crippen molar-refractivity contribution in [2.75, 3.05) is 26.2 Å². The van der Waals surface area contributed by atoms with Crippen molar-refractivity contribution in [2.45, 2.75) is 36.7 Å². The number of aromatic nitrogens is 2. The van der Waals surface area contributed by atoms with Gasteiger partial charge in [-0.2, -0.15) is 0 Å². The molecule has 0 spiro atoms. The van der Waals surface area contributed by atoms with Crippen LogP contribution in [-0.4, -0.2) is 56.7 Å². The zero-order valence-electron chi connectivity index (χ0n) is 23.7. The molecule has 0 aliphatic carbocycles. The number of aryl methyl sites for hydroxylation is 1. The Morgan fingerprint density at radius 3 is 2.02 bits per heavy atom. The van der Waals surface area contributed by atoms with Gasteiger partial charge in [0.2, 0.25) is 5.91 Å². The van der Waals surface area contributed by atoms with Crippen LogP contribution in [0, 0.1) is 6.92 Å². The molecule has 0 bridgehead atoms. The first kappa shape index (κ1) is 29.3. The number of amides is 1. The monoisotopic (exact) mass is 630 g/mol. The van der Waals surface area contributed by atoms with Crippen molar-refractivity contribution < 1.29 is 4.79 Å². The molecule has 0 radical (unpaired) electrons. The third kappa shape index (κ3) is 6.83. The minimum absolute atomic E-state index is 0.0657. The summed E-state index contributed by atoms with van der Waals surface area (Å²) in [5.74, 6) is 0.0801. The molecule has 1 aromatic heterocycles. The second kappa shape index (κ2) is 13.2. The molecule has 212 valence electrons. The Morgan fingerprint density at radius 2 is 1.46 bits per heavy atom. The Hall–Kier alpha value is -3.20. The number of thioether (sulfide) groups is 1. The van der Waals surface area contributed by atoms with E-state index in [1.54, 1.807) is 11.6 Å². The fraction of sp³-hybridized carbons (Fsp3) is 0.303. The van der Waals surface area contributed by atoms with E-state index in [2.05, 4.69) is 69.4 Å². The van der Waals surface area contributed by atoms with Crippen LogP contribution < -0.4 is 5.56 Å². The first-order valence-corrected chi connectivity index (χ1v) is 15.6. The Labute approximate surface area is 254 Å². The SMILES string of the molecule is Cc1nc(SC(C)C(=O)N2CCN(C(c3ccccc3)c3ccccc3)CC2)n(C)c(=O)c1Cc1ccc(Br)cc1. The quantitative estimate of drug-likeness (QED) is 0.180. The van der Waals surface area contributed by atoms with Gasteiger partial charge in [-0.3, -0.25) is 19.1 Å². The first-order chi connectivity index (χ1) is 19.8. The fourth-order valence-electron chi connectivity index (χ4n) is 5.40. The van der Waals surface area contributed by atoms with E-state index in [-0.39, 0.29) is 22.8 Å². The molecular weight excluding hydrogens is 596 g/mol. The predicted molar refractivity (Wildman–Crippen MR) is 169 cm³/mol. The third-order valence-corrected chi connectivity index (χ3v) is 9.36. The number of halogens is 1. The van der Waals surface area contributed by atoms with Gasteiger partial charge >= 0.3 is 0 Å². The summed E-state index contributed by atoms with van der Waals surface area (Å²) in [5.41, 5.74) is 4.89. The van der Waals surface area contributed by atoms with Crippen molar-refractivity contribution in [3.63, 3.8) is 0 Å². The van der Waals surface area contributed by atoms with E-state index < -0.39 is 0 Å². The normalized spacial score (nSPS) is 14.8. The van der Waals surface area contributed by atoms with Crippen molar-refractivity contribution in [1.82, 2.24) is 19.4 Å². The van der Waals surface area contributed by atoms with Crippen LogP contribution >= 0.6 is 27.7 Å². The zero-order chi connectivity index (χ0) is 28.9. The van der Waals surface area contributed by atoms with Crippen LogP contribution in [0.2, 0.25) is 0 Å². The number of hydrogen-bond donors (Lipinski definition) is 0. The Bertz CT molecular complexity index is 1500. The van der Waals surface area contributed by atoms with E-state index in [0.717, 1.165) is 23.1 Å². The number of nitrogens with zero attached hydrogens (tertiary/aromatic N) is 4. The van der Waals surface area contributed by atoms with Gasteiger partial charge in [-0.1, -0.05) is 100 Å². The number of rotatable bonds is 8. The molecule has 2 heterocycles. The average molecular weight is 632 g/mol. The summed E-state index contributed by atoms with van der Waals surface area (Å²) in [7, 11) is 1.74. The summed E-state index contributed by atoms with van der Waals surface area (Å²) < 4.78 is 2.58. The Morgan fingerprint density at radius 1 is 0.902 bits per heavy atom. The molecule has 1 amide bonds. The highest BCUT2D eigenvalue weighted by Crippen LogP contribution is 2.30. The summed E-state index contributed by atoms with van der Waals surface area (Å²) in [6.45, 7) is 6.69. The molecule has 1 unspecified atom stereocenters. The first-order valence-electron chi connectivity index (χ1n) is 13.9. The molecular formula is C33H35BrN4O2S. The molecule has 1 aliphatic heterocycles. The number of carbonyl (C=O) groups excluding carboxylic acids is 1. The van der Waals surface area contributed by atoms with Gasteiger partial charge in [0.15, 0.2) is 5.16 Å². The highest BCUT2D eigenvalue weighted by atomic mass is 79.9. The third-order valence-electron chi connectivity index (χ3n) is 7.70. The van der Waals surface area contributed by atoms with Gasteiger partial charge in [0, 0.05) is 55.4 Å². The summed E-state index contributed by atoms with van der Waals surface area (Å²) in [4.78, 5) is 35.9.